The molecule has 6 heteroatoms. The second kappa shape index (κ2) is 3.83. The highest BCUT2D eigenvalue weighted by atomic mass is 31.2. The summed E-state index contributed by atoms with van der Waals surface area (Å²) in [5, 5.41) is 8.34. The molecule has 0 saturated carbocycles. The smallest absolute Gasteiger partial charge is 0.331 e. The van der Waals surface area contributed by atoms with Crippen molar-refractivity contribution in [1.29, 1.82) is 0 Å². The number of hydrogen-bond donors (Lipinski definition) is 3. The van der Waals surface area contributed by atoms with Crippen LogP contribution in [0.2, 0.25) is 0 Å². The molecule has 0 saturated heterocycles. The lowest BCUT2D eigenvalue weighted by atomic mass is 10.3. The Morgan fingerprint density at radius 1 is 1.50 bits per heavy atom. The summed E-state index contributed by atoms with van der Waals surface area (Å²) in [5.41, 5.74) is -1.23. The first-order chi connectivity index (χ1) is 4.52. The fraction of sp³-hybridized carbons (Fsp3) is 0.750. The number of aliphatic hydroxyl groups is 1. The molecule has 5 nitrogen and oxygen atoms in total. The van der Waals surface area contributed by atoms with Gasteiger partial charge < -0.3 is 19.7 Å². The van der Waals surface area contributed by atoms with E-state index in [1.165, 1.54) is 0 Å². The molecule has 0 fully saturated rings. The van der Waals surface area contributed by atoms with E-state index in [4.69, 9.17) is 14.9 Å². The minimum Gasteiger partial charge on any atom is -0.395 e. The molecule has 0 bridgehead atoms. The number of rotatable bonds is 4. The van der Waals surface area contributed by atoms with Crippen LogP contribution in [0.1, 0.15) is 6.42 Å². The SMILES string of the molecule is O=CCC(CO)P(=O)(O)O. The molecule has 3 N–H and O–H groups in total. The highest BCUT2D eigenvalue weighted by Gasteiger charge is 2.26. The largest absolute Gasteiger partial charge is 0.395 e. The third kappa shape index (κ3) is 3.08. The van der Waals surface area contributed by atoms with Crippen LogP contribution in [0.25, 0.3) is 0 Å². The van der Waals surface area contributed by atoms with Crippen LogP contribution in [0.3, 0.4) is 0 Å². The van der Waals surface area contributed by atoms with Crippen LogP contribution in [-0.4, -0.2) is 33.4 Å². The maximum absolute atomic E-state index is 10.3. The van der Waals surface area contributed by atoms with Gasteiger partial charge in [0.1, 0.15) is 6.29 Å². The lowest BCUT2D eigenvalue weighted by Crippen LogP contribution is -2.13. The second-order valence-corrected chi connectivity index (χ2v) is 3.74. The van der Waals surface area contributed by atoms with E-state index in [0.29, 0.717) is 6.29 Å². The van der Waals surface area contributed by atoms with E-state index >= 15 is 0 Å². The zero-order chi connectivity index (χ0) is 8.20. The summed E-state index contributed by atoms with van der Waals surface area (Å²) in [4.78, 5) is 26.6. The van der Waals surface area contributed by atoms with Crippen molar-refractivity contribution in [2.24, 2.45) is 0 Å². The summed E-state index contributed by atoms with van der Waals surface area (Å²) in [6, 6.07) is 0. The van der Waals surface area contributed by atoms with Gasteiger partial charge in [0.25, 0.3) is 0 Å². The Bertz CT molecular complexity index is 150. The molecule has 60 valence electrons. The van der Waals surface area contributed by atoms with Crippen LogP contribution < -0.4 is 0 Å². The van der Waals surface area contributed by atoms with Crippen molar-refractivity contribution < 1.29 is 24.3 Å². The predicted molar refractivity (Wildman–Crippen MR) is 33.6 cm³/mol. The van der Waals surface area contributed by atoms with Gasteiger partial charge in [-0.1, -0.05) is 0 Å². The molecule has 0 rings (SSSR count). The summed E-state index contributed by atoms with van der Waals surface area (Å²) in [6.07, 6.45) is 0.0702. The molecule has 0 aromatic heterocycles. The number of aliphatic hydroxyl groups excluding tert-OH is 1. The maximum Gasteiger partial charge on any atom is 0.331 e. The number of carbonyl (C=O) groups is 1. The van der Waals surface area contributed by atoms with E-state index in [1.807, 2.05) is 0 Å². The van der Waals surface area contributed by atoms with Crippen molar-refractivity contribution in [3.8, 4) is 0 Å². The lowest BCUT2D eigenvalue weighted by molar-refractivity contribution is -0.108. The van der Waals surface area contributed by atoms with Gasteiger partial charge in [0, 0.05) is 6.42 Å². The van der Waals surface area contributed by atoms with Crippen molar-refractivity contribution in [2.45, 2.75) is 12.1 Å². The average Bonchev–Trinajstić information content (AvgIpc) is 1.80. The molecule has 0 aliphatic carbocycles. The van der Waals surface area contributed by atoms with Crippen molar-refractivity contribution >= 4 is 13.9 Å². The first-order valence-corrected chi connectivity index (χ1v) is 4.30. The Hall–Kier alpha value is -0.220. The topological polar surface area (TPSA) is 94.8 Å². The summed E-state index contributed by atoms with van der Waals surface area (Å²) in [6.45, 7) is -0.664. The van der Waals surface area contributed by atoms with Crippen LogP contribution in [-0.2, 0) is 9.36 Å². The standard InChI is InChI=1S/C4H9O5P/c5-2-1-4(3-6)10(7,8)9/h2,4,6H,1,3H2,(H2,7,8,9). The van der Waals surface area contributed by atoms with E-state index in [2.05, 4.69) is 0 Å². The molecular formula is C4H9O5P. The van der Waals surface area contributed by atoms with Crippen molar-refractivity contribution in [3.05, 3.63) is 0 Å². The van der Waals surface area contributed by atoms with Gasteiger partial charge in [-0.15, -0.1) is 0 Å². The number of hydrogen-bond acceptors (Lipinski definition) is 3. The van der Waals surface area contributed by atoms with Gasteiger partial charge >= 0.3 is 7.60 Å². The molecule has 0 aliphatic heterocycles. The van der Waals surface area contributed by atoms with Gasteiger partial charge in [-0.3, -0.25) is 4.57 Å². The molecule has 0 amide bonds. The van der Waals surface area contributed by atoms with Crippen LogP contribution in [0.5, 0.6) is 0 Å². The molecule has 1 unspecified atom stereocenters. The van der Waals surface area contributed by atoms with E-state index in [0.717, 1.165) is 0 Å². The Labute approximate surface area is 57.8 Å². The Kier molecular flexibility index (Phi) is 3.75. The van der Waals surface area contributed by atoms with Crippen LogP contribution in [0.4, 0.5) is 0 Å². The molecule has 1 atom stereocenters. The first kappa shape index (κ1) is 9.78. The molecule has 0 spiro atoms. The fourth-order valence-corrected chi connectivity index (χ4v) is 1.00. The monoisotopic (exact) mass is 168 g/mol. The second-order valence-electron chi connectivity index (χ2n) is 1.83. The molecule has 0 aromatic rings. The van der Waals surface area contributed by atoms with Gasteiger partial charge in [0.15, 0.2) is 0 Å². The summed E-state index contributed by atoms with van der Waals surface area (Å²) >= 11 is 0. The summed E-state index contributed by atoms with van der Waals surface area (Å²) in [5.74, 6) is 0. The van der Waals surface area contributed by atoms with E-state index < -0.39 is 19.9 Å². The zero-order valence-corrected chi connectivity index (χ0v) is 6.07. The maximum atomic E-state index is 10.3. The molecular weight excluding hydrogens is 159 g/mol. The highest BCUT2D eigenvalue weighted by Crippen LogP contribution is 2.41. The molecule has 10 heavy (non-hydrogen) atoms. The number of carbonyl (C=O) groups excluding carboxylic acids is 1. The van der Waals surface area contributed by atoms with Crippen molar-refractivity contribution in [3.63, 3.8) is 0 Å². The Morgan fingerprint density at radius 3 is 2.10 bits per heavy atom. The van der Waals surface area contributed by atoms with Gasteiger partial charge in [-0.05, 0) is 0 Å². The zero-order valence-electron chi connectivity index (χ0n) is 5.17. The molecule has 0 radical (unpaired) electrons. The first-order valence-electron chi connectivity index (χ1n) is 2.62. The van der Waals surface area contributed by atoms with Crippen LogP contribution in [0.15, 0.2) is 0 Å². The minimum atomic E-state index is -4.27. The Balaban J connectivity index is 4.07. The minimum absolute atomic E-state index is 0.305. The van der Waals surface area contributed by atoms with E-state index in [-0.39, 0.29) is 6.42 Å². The molecule has 0 aromatic carbocycles. The average molecular weight is 168 g/mol. The predicted octanol–water partition coefficient (Wildman–Crippen LogP) is -0.886. The lowest BCUT2D eigenvalue weighted by Gasteiger charge is -2.11. The Morgan fingerprint density at radius 2 is 2.00 bits per heavy atom. The van der Waals surface area contributed by atoms with Crippen LogP contribution in [0, 0.1) is 0 Å². The van der Waals surface area contributed by atoms with Gasteiger partial charge in [0.2, 0.25) is 0 Å². The fourth-order valence-electron chi connectivity index (χ4n) is 0.429. The van der Waals surface area contributed by atoms with Crippen LogP contribution >= 0.6 is 7.60 Å². The third-order valence-electron chi connectivity index (χ3n) is 1.05. The molecule has 0 heterocycles. The summed E-state index contributed by atoms with van der Waals surface area (Å²) in [7, 11) is -4.27. The van der Waals surface area contributed by atoms with Crippen molar-refractivity contribution in [2.75, 3.05) is 6.61 Å². The third-order valence-corrected chi connectivity index (χ3v) is 2.38. The van der Waals surface area contributed by atoms with E-state index in [9.17, 15) is 9.36 Å². The normalized spacial score (nSPS) is 14.7. The van der Waals surface area contributed by atoms with Gasteiger partial charge in [-0.25, -0.2) is 0 Å². The highest BCUT2D eigenvalue weighted by molar-refractivity contribution is 7.52. The van der Waals surface area contributed by atoms with Crippen molar-refractivity contribution in [1.82, 2.24) is 0 Å². The summed E-state index contributed by atoms with van der Waals surface area (Å²) < 4.78 is 10.3. The van der Waals surface area contributed by atoms with E-state index in [1.54, 1.807) is 0 Å². The number of aldehydes is 1. The molecule has 0 aliphatic rings. The van der Waals surface area contributed by atoms with Gasteiger partial charge in [0.05, 0.1) is 12.3 Å². The van der Waals surface area contributed by atoms with Gasteiger partial charge in [-0.2, -0.15) is 0 Å². The quantitative estimate of drug-likeness (QED) is 0.374.